The fraction of sp³-hybridized carbons (Fsp3) is 0.533. The molecule has 0 aliphatic carbocycles. The highest BCUT2D eigenvalue weighted by molar-refractivity contribution is 5.89. The molecule has 2 unspecified atom stereocenters. The molecule has 1 fully saturated rings. The minimum Gasteiger partial charge on any atom is -0.380 e. The highest BCUT2D eigenvalue weighted by Gasteiger charge is 2.24. The lowest BCUT2D eigenvalue weighted by atomic mass is 9.99. The Morgan fingerprint density at radius 2 is 1.95 bits per heavy atom. The molecule has 0 spiro atoms. The standard InChI is InChI=1S/C15H21FN2O2/c1-9-6-13(7-10(2)20-9)18-15-8-12(17-11(3)19)4-5-14(15)16/h4-5,8-10,13,18H,6-7H2,1-3H3,(H,17,19). The minimum atomic E-state index is -0.314. The van der Waals surface area contributed by atoms with Crippen LogP contribution in [0.1, 0.15) is 33.6 Å². The number of benzene rings is 1. The first-order valence-electron chi connectivity index (χ1n) is 6.93. The minimum absolute atomic E-state index is 0.165. The monoisotopic (exact) mass is 280 g/mol. The second kappa shape index (κ2) is 6.22. The molecule has 0 radical (unpaired) electrons. The van der Waals surface area contributed by atoms with Gasteiger partial charge >= 0.3 is 0 Å². The van der Waals surface area contributed by atoms with Gasteiger partial charge in [-0.1, -0.05) is 0 Å². The zero-order valence-corrected chi connectivity index (χ0v) is 12.1. The summed E-state index contributed by atoms with van der Waals surface area (Å²) in [6.07, 6.45) is 2.01. The molecule has 5 heteroatoms. The third kappa shape index (κ3) is 3.93. The SMILES string of the molecule is CC(=O)Nc1ccc(F)c(NC2CC(C)OC(C)C2)c1. The van der Waals surface area contributed by atoms with Crippen molar-refractivity contribution in [2.75, 3.05) is 10.6 Å². The van der Waals surface area contributed by atoms with E-state index in [1.807, 2.05) is 13.8 Å². The maximum Gasteiger partial charge on any atom is 0.221 e. The Bertz CT molecular complexity index is 483. The summed E-state index contributed by atoms with van der Waals surface area (Å²) in [7, 11) is 0. The second-order valence-electron chi connectivity index (χ2n) is 5.45. The van der Waals surface area contributed by atoms with Gasteiger partial charge in [0, 0.05) is 18.7 Å². The van der Waals surface area contributed by atoms with E-state index >= 15 is 0 Å². The van der Waals surface area contributed by atoms with Crippen molar-refractivity contribution in [2.24, 2.45) is 0 Å². The summed E-state index contributed by atoms with van der Waals surface area (Å²) in [4.78, 5) is 11.0. The van der Waals surface area contributed by atoms with Crippen molar-refractivity contribution in [2.45, 2.75) is 51.9 Å². The molecule has 0 bridgehead atoms. The summed E-state index contributed by atoms with van der Waals surface area (Å²) in [6, 6.07) is 4.72. The van der Waals surface area contributed by atoms with Crippen LogP contribution in [0.5, 0.6) is 0 Å². The molecule has 2 rings (SSSR count). The fourth-order valence-corrected chi connectivity index (χ4v) is 2.66. The van der Waals surface area contributed by atoms with Crippen LogP contribution in [0.4, 0.5) is 15.8 Å². The van der Waals surface area contributed by atoms with Crippen molar-refractivity contribution < 1.29 is 13.9 Å². The van der Waals surface area contributed by atoms with Crippen molar-refractivity contribution >= 4 is 17.3 Å². The van der Waals surface area contributed by atoms with E-state index in [1.165, 1.54) is 13.0 Å². The van der Waals surface area contributed by atoms with Crippen molar-refractivity contribution in [3.05, 3.63) is 24.0 Å². The summed E-state index contributed by atoms with van der Waals surface area (Å²) in [5, 5.41) is 5.87. The predicted octanol–water partition coefficient (Wildman–Crippen LogP) is 3.15. The molecule has 20 heavy (non-hydrogen) atoms. The van der Waals surface area contributed by atoms with Crippen LogP contribution in [0, 0.1) is 5.82 Å². The van der Waals surface area contributed by atoms with Gasteiger partial charge < -0.3 is 15.4 Å². The fourth-order valence-electron chi connectivity index (χ4n) is 2.66. The van der Waals surface area contributed by atoms with E-state index < -0.39 is 0 Å². The van der Waals surface area contributed by atoms with Gasteiger partial charge in [-0.2, -0.15) is 0 Å². The van der Waals surface area contributed by atoms with Crippen LogP contribution in [-0.2, 0) is 9.53 Å². The number of rotatable bonds is 3. The smallest absolute Gasteiger partial charge is 0.221 e. The molecular weight excluding hydrogens is 259 g/mol. The normalized spacial score (nSPS) is 26.1. The summed E-state index contributed by atoms with van der Waals surface area (Å²) in [5.74, 6) is -0.484. The van der Waals surface area contributed by atoms with Crippen molar-refractivity contribution in [3.63, 3.8) is 0 Å². The molecule has 1 aromatic carbocycles. The molecule has 1 aromatic rings. The molecule has 0 saturated carbocycles. The molecule has 1 aliphatic rings. The largest absolute Gasteiger partial charge is 0.380 e. The summed E-state index contributed by atoms with van der Waals surface area (Å²) < 4.78 is 19.5. The van der Waals surface area contributed by atoms with Gasteiger partial charge in [0.05, 0.1) is 17.9 Å². The number of hydrogen-bond acceptors (Lipinski definition) is 3. The average molecular weight is 280 g/mol. The number of hydrogen-bond donors (Lipinski definition) is 2. The van der Waals surface area contributed by atoms with Gasteiger partial charge in [0.15, 0.2) is 0 Å². The number of carbonyl (C=O) groups excluding carboxylic acids is 1. The lowest BCUT2D eigenvalue weighted by molar-refractivity contribution is -0.114. The number of ether oxygens (including phenoxy) is 1. The molecule has 1 saturated heterocycles. The van der Waals surface area contributed by atoms with Crippen LogP contribution >= 0.6 is 0 Å². The van der Waals surface area contributed by atoms with E-state index in [0.29, 0.717) is 11.4 Å². The summed E-state index contributed by atoms with van der Waals surface area (Å²) >= 11 is 0. The van der Waals surface area contributed by atoms with Gasteiger partial charge in [0.2, 0.25) is 5.91 Å². The maximum atomic E-state index is 13.8. The van der Waals surface area contributed by atoms with Crippen LogP contribution in [0.15, 0.2) is 18.2 Å². The molecule has 2 atom stereocenters. The van der Waals surface area contributed by atoms with Crippen LogP contribution in [0.3, 0.4) is 0 Å². The first-order chi connectivity index (χ1) is 9.44. The molecular formula is C15H21FN2O2. The molecule has 2 N–H and O–H groups in total. The molecule has 1 amide bonds. The number of amides is 1. The average Bonchev–Trinajstić information content (AvgIpc) is 2.31. The lowest BCUT2D eigenvalue weighted by Crippen LogP contribution is -2.37. The van der Waals surface area contributed by atoms with Crippen LogP contribution < -0.4 is 10.6 Å². The summed E-state index contributed by atoms with van der Waals surface area (Å²) in [6.45, 7) is 5.47. The van der Waals surface area contributed by atoms with E-state index in [1.54, 1.807) is 12.1 Å². The Morgan fingerprint density at radius 3 is 2.55 bits per heavy atom. The Labute approximate surface area is 118 Å². The van der Waals surface area contributed by atoms with Crippen LogP contribution in [0.25, 0.3) is 0 Å². The third-order valence-corrected chi connectivity index (χ3v) is 3.34. The van der Waals surface area contributed by atoms with Crippen molar-refractivity contribution in [1.29, 1.82) is 0 Å². The van der Waals surface area contributed by atoms with Gasteiger partial charge in [-0.05, 0) is 44.9 Å². The predicted molar refractivity (Wildman–Crippen MR) is 77.4 cm³/mol. The van der Waals surface area contributed by atoms with Gasteiger partial charge in [-0.15, -0.1) is 0 Å². The van der Waals surface area contributed by atoms with Crippen molar-refractivity contribution in [3.8, 4) is 0 Å². The Balaban J connectivity index is 2.09. The first kappa shape index (κ1) is 14.8. The molecule has 110 valence electrons. The molecule has 4 nitrogen and oxygen atoms in total. The van der Waals surface area contributed by atoms with E-state index in [2.05, 4.69) is 10.6 Å². The highest BCUT2D eigenvalue weighted by atomic mass is 19.1. The third-order valence-electron chi connectivity index (χ3n) is 3.34. The number of anilines is 2. The zero-order valence-electron chi connectivity index (χ0n) is 12.1. The van der Waals surface area contributed by atoms with Gasteiger partial charge in [-0.3, -0.25) is 4.79 Å². The Kier molecular flexibility index (Phi) is 4.60. The van der Waals surface area contributed by atoms with E-state index in [0.717, 1.165) is 12.8 Å². The van der Waals surface area contributed by atoms with E-state index in [-0.39, 0.29) is 30.0 Å². The topological polar surface area (TPSA) is 50.4 Å². The van der Waals surface area contributed by atoms with Crippen LogP contribution in [0.2, 0.25) is 0 Å². The lowest BCUT2D eigenvalue weighted by Gasteiger charge is -2.33. The Morgan fingerprint density at radius 1 is 1.30 bits per heavy atom. The molecule has 1 aliphatic heterocycles. The number of nitrogens with one attached hydrogen (secondary N) is 2. The van der Waals surface area contributed by atoms with Gasteiger partial charge in [0.25, 0.3) is 0 Å². The second-order valence-corrected chi connectivity index (χ2v) is 5.45. The van der Waals surface area contributed by atoms with Gasteiger partial charge in [0.1, 0.15) is 5.82 Å². The first-order valence-corrected chi connectivity index (χ1v) is 6.93. The maximum absolute atomic E-state index is 13.8. The van der Waals surface area contributed by atoms with Gasteiger partial charge in [-0.25, -0.2) is 4.39 Å². The zero-order chi connectivity index (χ0) is 14.7. The summed E-state index contributed by atoms with van der Waals surface area (Å²) in [5.41, 5.74) is 1.01. The van der Waals surface area contributed by atoms with E-state index in [4.69, 9.17) is 4.74 Å². The molecule has 0 aromatic heterocycles. The highest BCUT2D eigenvalue weighted by Crippen LogP contribution is 2.26. The van der Waals surface area contributed by atoms with Crippen molar-refractivity contribution in [1.82, 2.24) is 0 Å². The molecule has 1 heterocycles. The number of carbonyl (C=O) groups is 1. The quantitative estimate of drug-likeness (QED) is 0.894. The number of halogens is 1. The van der Waals surface area contributed by atoms with E-state index in [9.17, 15) is 9.18 Å². The Hall–Kier alpha value is -1.62. The van der Waals surface area contributed by atoms with Crippen LogP contribution in [-0.4, -0.2) is 24.2 Å².